The molecule has 0 aromatic heterocycles. The fraction of sp³-hybridized carbons (Fsp3) is 0.417. The first-order valence-corrected chi connectivity index (χ1v) is 8.31. The Labute approximate surface area is 127 Å². The zero-order valence-electron chi connectivity index (χ0n) is 10.4. The van der Waals surface area contributed by atoms with Gasteiger partial charge < -0.3 is 5.11 Å². The molecule has 1 heterocycles. The zero-order valence-corrected chi connectivity index (χ0v) is 12.7. The Hall–Kier alpha value is -0.820. The second kappa shape index (κ2) is 5.89. The molecule has 1 atom stereocenters. The monoisotopic (exact) mass is 337 g/mol. The highest BCUT2D eigenvalue weighted by Gasteiger charge is 2.35. The third-order valence-electron chi connectivity index (χ3n) is 3.28. The number of rotatable bonds is 4. The lowest BCUT2D eigenvalue weighted by atomic mass is 10.1. The Morgan fingerprint density at radius 1 is 1.35 bits per heavy atom. The summed E-state index contributed by atoms with van der Waals surface area (Å²) in [4.78, 5) is 10.9. The highest BCUT2D eigenvalue weighted by atomic mass is 35.5. The molecule has 0 bridgehead atoms. The Kier molecular flexibility index (Phi) is 4.59. The smallest absolute Gasteiger partial charge is 0.307 e. The Morgan fingerprint density at radius 2 is 1.95 bits per heavy atom. The highest BCUT2D eigenvalue weighted by Crippen LogP contribution is 2.29. The van der Waals surface area contributed by atoms with Crippen LogP contribution in [0.15, 0.2) is 18.2 Å². The predicted octanol–water partition coefficient (Wildman–Crippen LogP) is 2.23. The number of aliphatic carboxylic acids is 1. The standard InChI is InChI=1S/C12H13Cl2NO4S/c13-10-2-1-3-11(14)9(10)7-20(18,19)15-5-4-8(6-15)12(16)17/h1-3,8H,4-7H2,(H,16,17). The van der Waals surface area contributed by atoms with E-state index in [-0.39, 0.29) is 28.9 Å². The molecule has 1 unspecified atom stereocenters. The molecule has 1 fully saturated rings. The van der Waals surface area contributed by atoms with Crippen molar-refractivity contribution in [3.8, 4) is 0 Å². The van der Waals surface area contributed by atoms with Crippen molar-refractivity contribution in [1.29, 1.82) is 0 Å². The summed E-state index contributed by atoms with van der Waals surface area (Å²) in [7, 11) is -3.62. The molecule has 0 amide bonds. The summed E-state index contributed by atoms with van der Waals surface area (Å²) in [6, 6.07) is 4.78. The first-order chi connectivity index (χ1) is 9.31. The SMILES string of the molecule is O=C(O)C1CCN(S(=O)(=O)Cc2c(Cl)cccc2Cl)C1. The molecule has 5 nitrogen and oxygen atoms in total. The summed E-state index contributed by atoms with van der Waals surface area (Å²) in [5.74, 6) is -1.94. The zero-order chi connectivity index (χ0) is 14.9. The minimum Gasteiger partial charge on any atom is -0.481 e. The molecule has 1 aromatic carbocycles. The number of halogens is 2. The molecule has 1 aliphatic heterocycles. The maximum Gasteiger partial charge on any atom is 0.307 e. The first-order valence-electron chi connectivity index (χ1n) is 5.95. The molecule has 1 aliphatic rings. The molecule has 110 valence electrons. The number of hydrogen-bond acceptors (Lipinski definition) is 3. The van der Waals surface area contributed by atoms with Crippen molar-refractivity contribution in [3.05, 3.63) is 33.8 Å². The summed E-state index contributed by atoms with van der Waals surface area (Å²) < 4.78 is 25.8. The van der Waals surface area contributed by atoms with E-state index in [1.165, 1.54) is 4.31 Å². The first kappa shape index (κ1) is 15.6. The van der Waals surface area contributed by atoms with Crippen LogP contribution in [0.5, 0.6) is 0 Å². The molecule has 0 aliphatic carbocycles. The second-order valence-corrected chi connectivity index (χ2v) is 7.42. The van der Waals surface area contributed by atoms with Crippen LogP contribution in [0.4, 0.5) is 0 Å². The number of nitrogens with zero attached hydrogens (tertiary/aromatic N) is 1. The van der Waals surface area contributed by atoms with E-state index in [1.54, 1.807) is 18.2 Å². The maximum absolute atomic E-state index is 12.3. The summed E-state index contributed by atoms with van der Waals surface area (Å²) in [5.41, 5.74) is 0.342. The van der Waals surface area contributed by atoms with Crippen LogP contribution in [0.2, 0.25) is 10.0 Å². The van der Waals surface area contributed by atoms with Gasteiger partial charge in [0.15, 0.2) is 0 Å². The van der Waals surface area contributed by atoms with Crippen LogP contribution < -0.4 is 0 Å². The average molecular weight is 338 g/mol. The van der Waals surface area contributed by atoms with Gasteiger partial charge in [0.25, 0.3) is 0 Å². The van der Waals surface area contributed by atoms with Crippen LogP contribution in [0, 0.1) is 5.92 Å². The van der Waals surface area contributed by atoms with E-state index in [2.05, 4.69) is 0 Å². The number of carbonyl (C=O) groups is 1. The Bertz CT molecular complexity index is 612. The third-order valence-corrected chi connectivity index (χ3v) is 5.76. The molecule has 1 aromatic rings. The maximum atomic E-state index is 12.3. The van der Waals surface area contributed by atoms with Gasteiger partial charge in [-0.3, -0.25) is 4.79 Å². The number of hydrogen-bond donors (Lipinski definition) is 1. The minimum absolute atomic E-state index is 0.000260. The van der Waals surface area contributed by atoms with E-state index in [4.69, 9.17) is 28.3 Å². The number of carboxylic acids is 1. The molecule has 1 N–H and O–H groups in total. The van der Waals surface area contributed by atoms with Crippen molar-refractivity contribution in [2.24, 2.45) is 5.92 Å². The van der Waals surface area contributed by atoms with E-state index in [1.807, 2.05) is 0 Å². The van der Waals surface area contributed by atoms with Crippen LogP contribution in [0.3, 0.4) is 0 Å². The molecule has 8 heteroatoms. The lowest BCUT2D eigenvalue weighted by Gasteiger charge is -2.17. The molecule has 0 spiro atoms. The van der Waals surface area contributed by atoms with Gasteiger partial charge in [-0.1, -0.05) is 29.3 Å². The van der Waals surface area contributed by atoms with E-state index in [0.29, 0.717) is 12.0 Å². The van der Waals surface area contributed by atoms with Gasteiger partial charge in [0.05, 0.1) is 11.7 Å². The van der Waals surface area contributed by atoms with Gasteiger partial charge in [0.2, 0.25) is 10.0 Å². The normalized spacial score (nSPS) is 20.2. The van der Waals surface area contributed by atoms with E-state index in [0.717, 1.165) is 0 Å². The van der Waals surface area contributed by atoms with E-state index >= 15 is 0 Å². The molecule has 1 saturated heterocycles. The molecule has 2 rings (SSSR count). The quantitative estimate of drug-likeness (QED) is 0.914. The van der Waals surface area contributed by atoms with Gasteiger partial charge in [-0.2, -0.15) is 0 Å². The second-order valence-electron chi connectivity index (χ2n) is 4.64. The third kappa shape index (κ3) is 3.25. The van der Waals surface area contributed by atoms with Crippen molar-refractivity contribution < 1.29 is 18.3 Å². The number of carboxylic acid groups (broad SMARTS) is 1. The Morgan fingerprint density at radius 3 is 2.45 bits per heavy atom. The lowest BCUT2D eigenvalue weighted by Crippen LogP contribution is -2.31. The van der Waals surface area contributed by atoms with Crippen molar-refractivity contribution in [2.45, 2.75) is 12.2 Å². The van der Waals surface area contributed by atoms with Crippen LogP contribution in [0.1, 0.15) is 12.0 Å². The van der Waals surface area contributed by atoms with E-state index in [9.17, 15) is 13.2 Å². The van der Waals surface area contributed by atoms with Gasteiger partial charge in [0.1, 0.15) is 0 Å². The van der Waals surface area contributed by atoms with Crippen molar-refractivity contribution in [2.75, 3.05) is 13.1 Å². The largest absolute Gasteiger partial charge is 0.481 e. The number of benzene rings is 1. The van der Waals surface area contributed by atoms with Crippen LogP contribution in [0.25, 0.3) is 0 Å². The molecule has 20 heavy (non-hydrogen) atoms. The minimum atomic E-state index is -3.62. The van der Waals surface area contributed by atoms with Gasteiger partial charge in [-0.15, -0.1) is 0 Å². The highest BCUT2D eigenvalue weighted by molar-refractivity contribution is 7.88. The van der Waals surface area contributed by atoms with Crippen molar-refractivity contribution >= 4 is 39.2 Å². The summed E-state index contributed by atoms with van der Waals surface area (Å²) in [6.45, 7) is 0.209. The summed E-state index contributed by atoms with van der Waals surface area (Å²) in [5, 5.41) is 9.49. The van der Waals surface area contributed by atoms with Gasteiger partial charge in [-0.25, -0.2) is 12.7 Å². The molecule has 0 saturated carbocycles. The van der Waals surface area contributed by atoms with E-state index < -0.39 is 21.9 Å². The van der Waals surface area contributed by atoms with Crippen LogP contribution in [-0.2, 0) is 20.6 Å². The van der Waals surface area contributed by atoms with Crippen molar-refractivity contribution in [3.63, 3.8) is 0 Å². The van der Waals surface area contributed by atoms with Gasteiger partial charge >= 0.3 is 5.97 Å². The number of sulfonamides is 1. The molecular weight excluding hydrogens is 325 g/mol. The summed E-state index contributed by atoms with van der Waals surface area (Å²) in [6.07, 6.45) is 0.324. The predicted molar refractivity (Wildman–Crippen MR) is 76.4 cm³/mol. The average Bonchev–Trinajstić information content (AvgIpc) is 2.84. The lowest BCUT2D eigenvalue weighted by molar-refractivity contribution is -0.141. The van der Waals surface area contributed by atoms with Crippen molar-refractivity contribution in [1.82, 2.24) is 4.31 Å². The topological polar surface area (TPSA) is 74.7 Å². The van der Waals surface area contributed by atoms with Crippen LogP contribution in [-0.4, -0.2) is 36.9 Å². The molecule has 0 radical (unpaired) electrons. The van der Waals surface area contributed by atoms with Gasteiger partial charge in [0, 0.05) is 28.7 Å². The fourth-order valence-corrected chi connectivity index (χ4v) is 4.46. The Balaban J connectivity index is 2.19. The van der Waals surface area contributed by atoms with Gasteiger partial charge in [-0.05, 0) is 18.6 Å². The van der Waals surface area contributed by atoms with Crippen LogP contribution >= 0.6 is 23.2 Å². The summed E-state index contributed by atoms with van der Waals surface area (Å²) >= 11 is 11.9. The fourth-order valence-electron chi connectivity index (χ4n) is 2.13. The molecular formula is C12H13Cl2NO4S.